The van der Waals surface area contributed by atoms with Crippen molar-refractivity contribution in [3.63, 3.8) is 0 Å². The molecule has 1 amide bonds. The number of esters is 1. The molecule has 0 aliphatic rings. The van der Waals surface area contributed by atoms with Crippen LogP contribution in [0.1, 0.15) is 29.6 Å². The van der Waals surface area contributed by atoms with Crippen molar-refractivity contribution in [2.45, 2.75) is 25.3 Å². The molecule has 12 nitrogen and oxygen atoms in total. The van der Waals surface area contributed by atoms with Crippen molar-refractivity contribution in [1.82, 2.24) is 15.5 Å². The Bertz CT molecular complexity index is 1080. The number of carbonyl (C=O) groups is 5. The molecule has 0 unspecified atom stereocenters. The number of rotatable bonds is 17. The Balaban J connectivity index is 1.81. The van der Waals surface area contributed by atoms with E-state index in [9.17, 15) is 24.0 Å². The number of carbonyl (C=O) groups excluding carboxylic acids is 2. The lowest BCUT2D eigenvalue weighted by Gasteiger charge is -2.20. The molecule has 0 heterocycles. The minimum absolute atomic E-state index is 0.115. The van der Waals surface area contributed by atoms with Crippen LogP contribution in [-0.2, 0) is 23.9 Å². The van der Waals surface area contributed by atoms with Gasteiger partial charge < -0.3 is 25.4 Å². The summed E-state index contributed by atoms with van der Waals surface area (Å²) in [6.07, 6.45) is 1.25. The van der Waals surface area contributed by atoms with Gasteiger partial charge in [0.2, 0.25) is 0 Å². The molecule has 0 fully saturated rings. The highest BCUT2D eigenvalue weighted by Crippen LogP contribution is 2.18. The molecule has 2 aromatic rings. The van der Waals surface area contributed by atoms with E-state index < -0.39 is 49.6 Å². The van der Waals surface area contributed by atoms with Crippen molar-refractivity contribution in [2.24, 2.45) is 0 Å². The van der Waals surface area contributed by atoms with E-state index >= 15 is 0 Å². The number of benzene rings is 2. The second-order valence-electron chi connectivity index (χ2n) is 8.27. The topological polar surface area (TPSA) is 183 Å². The molecular formula is C25H31N3O9. The van der Waals surface area contributed by atoms with E-state index in [1.807, 2.05) is 36.4 Å². The summed E-state index contributed by atoms with van der Waals surface area (Å²) in [4.78, 5) is 58.8. The largest absolute Gasteiger partial charge is 0.480 e. The summed E-state index contributed by atoms with van der Waals surface area (Å²) in [5.41, 5.74) is 0.558. The minimum atomic E-state index is -1.22. The third-order valence-electron chi connectivity index (χ3n) is 5.39. The maximum atomic E-state index is 12.6. The normalized spacial score (nSPS) is 11.7. The minimum Gasteiger partial charge on any atom is -0.480 e. The second-order valence-corrected chi connectivity index (χ2v) is 8.27. The number of unbranched alkanes of at least 4 members (excludes halogenated alkanes) is 1. The summed E-state index contributed by atoms with van der Waals surface area (Å²) >= 11 is 0. The number of nitrogens with zero attached hydrogens (tertiary/aromatic N) is 1. The number of fused-ring (bicyclic) bond motifs is 1. The number of hydrogen-bond donors (Lipinski definition) is 5. The number of carboxylic acids is 3. The van der Waals surface area contributed by atoms with Crippen molar-refractivity contribution in [1.29, 1.82) is 0 Å². The van der Waals surface area contributed by atoms with E-state index in [1.165, 1.54) is 0 Å². The van der Waals surface area contributed by atoms with Gasteiger partial charge in [0.15, 0.2) is 0 Å². The van der Waals surface area contributed by atoms with Gasteiger partial charge in [-0.3, -0.25) is 34.2 Å². The van der Waals surface area contributed by atoms with Crippen LogP contribution in [-0.4, -0.2) is 95.4 Å². The molecule has 37 heavy (non-hydrogen) atoms. The smallest absolute Gasteiger partial charge is 0.323 e. The number of hydrogen-bond acceptors (Lipinski definition) is 8. The van der Waals surface area contributed by atoms with Crippen LogP contribution in [0.15, 0.2) is 42.5 Å². The van der Waals surface area contributed by atoms with Crippen LogP contribution in [0.4, 0.5) is 0 Å². The maximum absolute atomic E-state index is 12.6. The molecule has 0 saturated heterocycles. The highest BCUT2D eigenvalue weighted by atomic mass is 16.5. The Hall–Kier alpha value is -4.03. The fraction of sp³-hybridized carbons (Fsp3) is 0.400. The Morgan fingerprint density at radius 2 is 1.54 bits per heavy atom. The fourth-order valence-corrected chi connectivity index (χ4v) is 3.68. The number of ether oxygens (including phenoxy) is 1. The quantitative estimate of drug-likeness (QED) is 0.148. The fourth-order valence-electron chi connectivity index (χ4n) is 3.68. The summed E-state index contributed by atoms with van der Waals surface area (Å²) in [5, 5.41) is 33.9. The molecule has 200 valence electrons. The molecule has 0 aliphatic carbocycles. The van der Waals surface area contributed by atoms with Gasteiger partial charge in [-0.1, -0.05) is 36.4 Å². The van der Waals surface area contributed by atoms with Crippen molar-refractivity contribution >= 4 is 40.6 Å². The molecule has 0 spiro atoms. The van der Waals surface area contributed by atoms with Crippen LogP contribution < -0.4 is 10.6 Å². The summed E-state index contributed by atoms with van der Waals surface area (Å²) in [7, 11) is 0. The van der Waals surface area contributed by atoms with Gasteiger partial charge in [0, 0.05) is 18.7 Å². The maximum Gasteiger partial charge on any atom is 0.323 e. The van der Waals surface area contributed by atoms with Gasteiger partial charge in [-0.25, -0.2) is 0 Å². The average molecular weight is 518 g/mol. The number of nitrogens with one attached hydrogen (secondary N) is 2. The Morgan fingerprint density at radius 1 is 0.865 bits per heavy atom. The molecule has 0 aliphatic heterocycles. The number of aliphatic carboxylic acids is 3. The lowest BCUT2D eigenvalue weighted by molar-refractivity contribution is -0.147. The summed E-state index contributed by atoms with van der Waals surface area (Å²) < 4.78 is 5.13. The first-order valence-electron chi connectivity index (χ1n) is 11.7. The monoisotopic (exact) mass is 517 g/mol. The molecular weight excluding hydrogens is 486 g/mol. The third kappa shape index (κ3) is 10.6. The molecule has 12 heteroatoms. The van der Waals surface area contributed by atoms with Crippen molar-refractivity contribution in [2.75, 3.05) is 39.3 Å². The zero-order valence-corrected chi connectivity index (χ0v) is 20.2. The average Bonchev–Trinajstić information content (AvgIpc) is 2.84. The molecule has 2 aromatic carbocycles. The molecule has 0 radical (unpaired) electrons. The second kappa shape index (κ2) is 15.2. The lowest BCUT2D eigenvalue weighted by atomic mass is 10.0. The van der Waals surface area contributed by atoms with Crippen LogP contribution in [0.5, 0.6) is 0 Å². The number of carboxylic acid groups (broad SMARTS) is 3. The number of amides is 1. The van der Waals surface area contributed by atoms with E-state index in [2.05, 4.69) is 10.6 Å². The summed E-state index contributed by atoms with van der Waals surface area (Å²) in [5.74, 6) is -4.55. The Labute approximate surface area is 213 Å². The zero-order chi connectivity index (χ0) is 27.2. The predicted molar refractivity (Wildman–Crippen MR) is 132 cm³/mol. The van der Waals surface area contributed by atoms with Crippen LogP contribution in [0, 0.1) is 0 Å². The van der Waals surface area contributed by atoms with E-state index in [0.717, 1.165) is 15.7 Å². The van der Waals surface area contributed by atoms with Crippen molar-refractivity contribution < 1.29 is 44.0 Å². The van der Waals surface area contributed by atoms with E-state index in [-0.39, 0.29) is 25.5 Å². The van der Waals surface area contributed by atoms with Gasteiger partial charge in [0.05, 0.1) is 19.6 Å². The summed E-state index contributed by atoms with van der Waals surface area (Å²) in [6, 6.07) is 12.1. The third-order valence-corrected chi connectivity index (χ3v) is 5.39. The summed E-state index contributed by atoms with van der Waals surface area (Å²) in [6.45, 7) is -1.56. The molecule has 0 bridgehead atoms. The lowest BCUT2D eigenvalue weighted by Crippen LogP contribution is -2.42. The van der Waals surface area contributed by atoms with Gasteiger partial charge >= 0.3 is 23.9 Å². The molecule has 0 saturated carbocycles. The molecule has 0 aromatic heterocycles. The van der Waals surface area contributed by atoms with Crippen molar-refractivity contribution in [3.8, 4) is 0 Å². The Morgan fingerprint density at radius 3 is 2.22 bits per heavy atom. The standard InChI is InChI=1S/C25H31N3O9/c29-21(30)14-27-20(25(36)37-13-12-28(15-22(31)32)16-23(33)34)10-3-4-11-26-24(35)19-9-5-7-17-6-1-2-8-18(17)19/h1-2,5-9,20,27H,3-4,10-16H2,(H,26,35)(H,29,30)(H,31,32)(H,33,34)/t20-/m0/s1. The van der Waals surface area contributed by atoms with Gasteiger partial charge in [0.1, 0.15) is 12.6 Å². The molecule has 5 N–H and O–H groups in total. The predicted octanol–water partition coefficient (Wildman–Crippen LogP) is 0.797. The van der Waals surface area contributed by atoms with Crippen LogP contribution >= 0.6 is 0 Å². The van der Waals surface area contributed by atoms with E-state index in [1.54, 1.807) is 6.07 Å². The highest BCUT2D eigenvalue weighted by molar-refractivity contribution is 6.07. The first-order valence-corrected chi connectivity index (χ1v) is 11.7. The van der Waals surface area contributed by atoms with Crippen molar-refractivity contribution in [3.05, 3.63) is 48.0 Å². The molecule has 2 rings (SSSR count). The van der Waals surface area contributed by atoms with E-state index in [4.69, 9.17) is 20.1 Å². The SMILES string of the molecule is O=C(O)CN[C@@H](CCCCNC(=O)c1cccc2ccccc12)C(=O)OCCN(CC(=O)O)CC(=O)O. The first-order chi connectivity index (χ1) is 17.7. The Kier molecular flexibility index (Phi) is 12.0. The zero-order valence-electron chi connectivity index (χ0n) is 20.2. The van der Waals surface area contributed by atoms with Gasteiger partial charge in [-0.2, -0.15) is 0 Å². The van der Waals surface area contributed by atoms with Crippen LogP contribution in [0.25, 0.3) is 10.8 Å². The van der Waals surface area contributed by atoms with Gasteiger partial charge in [0.25, 0.3) is 5.91 Å². The molecule has 1 atom stereocenters. The van der Waals surface area contributed by atoms with Gasteiger partial charge in [-0.15, -0.1) is 0 Å². The van der Waals surface area contributed by atoms with E-state index in [0.29, 0.717) is 24.9 Å². The van der Waals surface area contributed by atoms with Gasteiger partial charge in [-0.05, 0) is 36.1 Å². The highest BCUT2D eigenvalue weighted by Gasteiger charge is 2.21. The van der Waals surface area contributed by atoms with Crippen LogP contribution in [0.3, 0.4) is 0 Å². The first kappa shape index (κ1) is 29.2. The van der Waals surface area contributed by atoms with Crippen LogP contribution in [0.2, 0.25) is 0 Å².